The summed E-state index contributed by atoms with van der Waals surface area (Å²) in [6.07, 6.45) is 1.79. The monoisotopic (exact) mass is 505 g/mol. The lowest BCUT2D eigenvalue weighted by Crippen LogP contribution is -2.15. The molecule has 0 saturated carbocycles. The van der Waals surface area contributed by atoms with Crippen molar-refractivity contribution in [3.05, 3.63) is 64.6 Å². The summed E-state index contributed by atoms with van der Waals surface area (Å²) in [4.78, 5) is 14.4. The number of thioether (sulfide) groups is 1. The molecule has 1 heterocycles. The van der Waals surface area contributed by atoms with Gasteiger partial charge in [-0.3, -0.25) is 9.36 Å². The molecule has 0 atom stereocenters. The summed E-state index contributed by atoms with van der Waals surface area (Å²) in [5.74, 6) is 0.741. The largest absolute Gasteiger partial charge is 0.378 e. The van der Waals surface area contributed by atoms with Gasteiger partial charge in [0.05, 0.1) is 16.5 Å². The van der Waals surface area contributed by atoms with Crippen molar-refractivity contribution in [3.63, 3.8) is 0 Å². The molecule has 0 aliphatic rings. The van der Waals surface area contributed by atoms with E-state index in [9.17, 15) is 4.79 Å². The molecule has 0 aliphatic carbocycles. The maximum atomic E-state index is 12.4. The second kappa shape index (κ2) is 10.1. The molecule has 1 aromatic heterocycles. The molecule has 0 saturated heterocycles. The maximum Gasteiger partial charge on any atom is 0.234 e. The van der Waals surface area contributed by atoms with Crippen molar-refractivity contribution in [1.29, 1.82) is 0 Å². The van der Waals surface area contributed by atoms with Crippen LogP contribution in [0.2, 0.25) is 5.02 Å². The number of rotatable bonds is 8. The highest BCUT2D eigenvalue weighted by Gasteiger charge is 2.16. The highest BCUT2D eigenvalue weighted by Crippen LogP contribution is 2.28. The highest BCUT2D eigenvalue weighted by molar-refractivity contribution is 9.10. The van der Waals surface area contributed by atoms with Crippen LogP contribution < -0.4 is 10.2 Å². The van der Waals surface area contributed by atoms with E-state index in [1.807, 2.05) is 47.8 Å². The van der Waals surface area contributed by atoms with Crippen molar-refractivity contribution >= 4 is 56.6 Å². The van der Waals surface area contributed by atoms with Gasteiger partial charge in [-0.25, -0.2) is 0 Å². The van der Waals surface area contributed by atoms with Crippen molar-refractivity contribution in [1.82, 2.24) is 14.8 Å². The smallest absolute Gasteiger partial charge is 0.234 e. The fourth-order valence-corrected chi connectivity index (χ4v) is 4.20. The molecule has 0 bridgehead atoms. The van der Waals surface area contributed by atoms with E-state index >= 15 is 0 Å². The zero-order valence-electron chi connectivity index (χ0n) is 16.6. The van der Waals surface area contributed by atoms with Crippen molar-refractivity contribution < 1.29 is 4.79 Å². The van der Waals surface area contributed by atoms with Crippen LogP contribution in [0.15, 0.2) is 64.7 Å². The van der Waals surface area contributed by atoms with E-state index < -0.39 is 0 Å². The minimum atomic E-state index is -0.173. The Morgan fingerprint density at radius 2 is 2.10 bits per heavy atom. The van der Waals surface area contributed by atoms with Crippen LogP contribution in [0.1, 0.15) is 0 Å². The van der Waals surface area contributed by atoms with Crippen molar-refractivity contribution in [2.45, 2.75) is 11.7 Å². The number of carbonyl (C=O) groups is 1. The first kappa shape index (κ1) is 22.4. The maximum absolute atomic E-state index is 12.4. The van der Waals surface area contributed by atoms with Crippen LogP contribution in [0.25, 0.3) is 11.4 Å². The third kappa shape index (κ3) is 5.44. The Kier molecular flexibility index (Phi) is 7.58. The topological polar surface area (TPSA) is 63.1 Å². The molecule has 0 unspecified atom stereocenters. The number of allylic oxidation sites excluding steroid dienone is 1. The zero-order valence-corrected chi connectivity index (χ0v) is 19.8. The number of carbonyl (C=O) groups excluding carboxylic acids is 1. The summed E-state index contributed by atoms with van der Waals surface area (Å²) in [6, 6.07) is 13.4. The second-order valence-corrected chi connectivity index (χ2v) is 8.88. The molecular formula is C21H21BrClN5OS. The van der Waals surface area contributed by atoms with Gasteiger partial charge in [0, 0.05) is 36.4 Å². The molecule has 1 N–H and O–H groups in total. The molecule has 3 aromatic rings. The number of anilines is 2. The van der Waals surface area contributed by atoms with Gasteiger partial charge in [0.15, 0.2) is 11.0 Å². The molecule has 30 heavy (non-hydrogen) atoms. The summed E-state index contributed by atoms with van der Waals surface area (Å²) in [5.41, 5.74) is 2.59. The number of nitrogens with one attached hydrogen (secondary N) is 1. The average Bonchev–Trinajstić information content (AvgIpc) is 3.11. The molecule has 9 heteroatoms. The summed E-state index contributed by atoms with van der Waals surface area (Å²) >= 11 is 10.8. The fraction of sp³-hybridized carbons (Fsp3) is 0.190. The van der Waals surface area contributed by atoms with Gasteiger partial charge in [0.1, 0.15) is 0 Å². The molecule has 0 spiro atoms. The first-order valence-electron chi connectivity index (χ1n) is 9.08. The summed E-state index contributed by atoms with van der Waals surface area (Å²) < 4.78 is 2.80. The lowest BCUT2D eigenvalue weighted by atomic mass is 10.2. The summed E-state index contributed by atoms with van der Waals surface area (Å²) in [7, 11) is 3.98. The van der Waals surface area contributed by atoms with E-state index in [0.717, 1.165) is 21.5 Å². The van der Waals surface area contributed by atoms with Crippen molar-refractivity contribution in [3.8, 4) is 11.4 Å². The molecule has 1 amide bonds. The van der Waals surface area contributed by atoms with E-state index in [1.165, 1.54) is 11.8 Å². The molecule has 2 aromatic carbocycles. The van der Waals surface area contributed by atoms with Gasteiger partial charge >= 0.3 is 0 Å². The first-order chi connectivity index (χ1) is 14.4. The summed E-state index contributed by atoms with van der Waals surface area (Å²) in [6.45, 7) is 4.37. The fourth-order valence-electron chi connectivity index (χ4n) is 2.73. The summed E-state index contributed by atoms with van der Waals surface area (Å²) in [5, 5.41) is 12.6. The lowest BCUT2D eigenvalue weighted by molar-refractivity contribution is -0.113. The Morgan fingerprint density at radius 3 is 2.80 bits per heavy atom. The van der Waals surface area contributed by atoms with Gasteiger partial charge in [0.25, 0.3) is 0 Å². The number of benzene rings is 2. The Balaban J connectivity index is 1.76. The first-order valence-corrected chi connectivity index (χ1v) is 11.2. The SMILES string of the molecule is C=CCn1c(SCC(=O)Nc2ccc(Br)cc2Cl)nnc1-c1cccc(N(C)C)c1. The molecule has 156 valence electrons. The molecule has 3 rings (SSSR count). The molecule has 6 nitrogen and oxygen atoms in total. The van der Waals surface area contributed by atoms with E-state index in [-0.39, 0.29) is 11.7 Å². The Bertz CT molecular complexity index is 1070. The number of hydrogen-bond acceptors (Lipinski definition) is 5. The van der Waals surface area contributed by atoms with Crippen LogP contribution in [0.4, 0.5) is 11.4 Å². The van der Waals surface area contributed by atoms with Crippen LogP contribution in [0.5, 0.6) is 0 Å². The van der Waals surface area contributed by atoms with Gasteiger partial charge in [0.2, 0.25) is 5.91 Å². The van der Waals surface area contributed by atoms with Crippen molar-refractivity contribution in [2.75, 3.05) is 30.1 Å². The van der Waals surface area contributed by atoms with Crippen LogP contribution in [-0.4, -0.2) is 40.5 Å². The molecule has 0 aliphatic heterocycles. The number of amides is 1. The third-order valence-electron chi connectivity index (χ3n) is 4.19. The third-order valence-corrected chi connectivity index (χ3v) is 5.96. The zero-order chi connectivity index (χ0) is 21.7. The van der Waals surface area contributed by atoms with Crippen LogP contribution in [0, 0.1) is 0 Å². The van der Waals surface area contributed by atoms with Gasteiger partial charge in [-0.05, 0) is 30.3 Å². The Labute approximate surface area is 193 Å². The predicted octanol–water partition coefficient (Wildman–Crippen LogP) is 5.34. The quantitative estimate of drug-likeness (QED) is 0.330. The lowest BCUT2D eigenvalue weighted by Gasteiger charge is -2.14. The Morgan fingerprint density at radius 1 is 1.30 bits per heavy atom. The number of aromatic nitrogens is 3. The average molecular weight is 507 g/mol. The second-order valence-electron chi connectivity index (χ2n) is 6.61. The normalized spacial score (nSPS) is 10.7. The van der Waals surface area contributed by atoms with Crippen LogP contribution >= 0.6 is 39.3 Å². The minimum absolute atomic E-state index is 0.173. The van der Waals surface area contributed by atoms with Gasteiger partial charge in [-0.1, -0.05) is 57.5 Å². The van der Waals surface area contributed by atoms with Crippen LogP contribution in [-0.2, 0) is 11.3 Å². The van der Waals surface area contributed by atoms with E-state index in [2.05, 4.69) is 44.1 Å². The van der Waals surface area contributed by atoms with Gasteiger partial charge < -0.3 is 10.2 Å². The van der Waals surface area contributed by atoms with Crippen molar-refractivity contribution in [2.24, 2.45) is 0 Å². The standard InChI is InChI=1S/C21H21BrClN5OS/c1-4-10-28-20(14-6-5-7-16(11-14)27(2)3)25-26-21(28)30-13-19(29)24-18-9-8-15(22)12-17(18)23/h4-9,11-12H,1,10,13H2,2-3H3,(H,24,29). The number of nitrogens with zero attached hydrogens (tertiary/aromatic N) is 4. The number of hydrogen-bond donors (Lipinski definition) is 1. The minimum Gasteiger partial charge on any atom is -0.378 e. The van der Waals surface area contributed by atoms with E-state index in [4.69, 9.17) is 11.6 Å². The van der Waals surface area contributed by atoms with E-state index in [1.54, 1.807) is 18.2 Å². The molecular weight excluding hydrogens is 486 g/mol. The predicted molar refractivity (Wildman–Crippen MR) is 128 cm³/mol. The Hall–Kier alpha value is -2.29. The van der Waals surface area contributed by atoms with Crippen LogP contribution in [0.3, 0.4) is 0 Å². The molecule has 0 fully saturated rings. The highest BCUT2D eigenvalue weighted by atomic mass is 79.9. The van der Waals surface area contributed by atoms with E-state index in [0.29, 0.717) is 22.4 Å². The van der Waals surface area contributed by atoms with Gasteiger partial charge in [-0.2, -0.15) is 0 Å². The van der Waals surface area contributed by atoms with Gasteiger partial charge in [-0.15, -0.1) is 16.8 Å². The molecule has 0 radical (unpaired) electrons. The number of halogens is 2.